The van der Waals surface area contributed by atoms with Crippen molar-refractivity contribution in [1.82, 2.24) is 20.4 Å². The Bertz CT molecular complexity index is 819. The monoisotopic (exact) mass is 391 g/mol. The number of rotatable bonds is 6. The Morgan fingerprint density at radius 1 is 1.22 bits per heavy atom. The molecule has 0 radical (unpaired) electrons. The van der Waals surface area contributed by atoms with Crippen molar-refractivity contribution in [2.24, 2.45) is 4.99 Å². The standard InChI is InChI=1S/C19H26ClN5O2/c1-13-9-14(2)25(24-13)6-4-5-22-19(21-3)23-12-15-10-16(20)18-17(11-15)26-7-8-27-18/h9-11H,4-8,12H2,1-3H3,(H2,21,22,23). The maximum atomic E-state index is 6.28. The average molecular weight is 392 g/mol. The summed E-state index contributed by atoms with van der Waals surface area (Å²) in [5, 5.41) is 11.7. The first-order valence-electron chi connectivity index (χ1n) is 9.10. The number of aliphatic imine (C=N–C) groups is 1. The fourth-order valence-electron chi connectivity index (χ4n) is 3.01. The predicted molar refractivity (Wildman–Crippen MR) is 107 cm³/mol. The van der Waals surface area contributed by atoms with Gasteiger partial charge in [0.25, 0.3) is 0 Å². The molecule has 0 aliphatic carbocycles. The fraction of sp³-hybridized carbons (Fsp3) is 0.474. The van der Waals surface area contributed by atoms with Crippen molar-refractivity contribution in [2.45, 2.75) is 33.4 Å². The number of nitrogens with one attached hydrogen (secondary N) is 2. The van der Waals surface area contributed by atoms with Gasteiger partial charge in [0.2, 0.25) is 0 Å². The van der Waals surface area contributed by atoms with Crippen LogP contribution in [-0.2, 0) is 13.1 Å². The molecule has 146 valence electrons. The van der Waals surface area contributed by atoms with E-state index >= 15 is 0 Å². The maximum Gasteiger partial charge on any atom is 0.191 e. The highest BCUT2D eigenvalue weighted by Gasteiger charge is 2.16. The molecule has 1 aliphatic heterocycles. The molecular formula is C19H26ClN5O2. The van der Waals surface area contributed by atoms with Gasteiger partial charge in [-0.1, -0.05) is 11.6 Å². The highest BCUT2D eigenvalue weighted by Crippen LogP contribution is 2.38. The number of aromatic nitrogens is 2. The van der Waals surface area contributed by atoms with Crippen molar-refractivity contribution in [3.63, 3.8) is 0 Å². The fourth-order valence-corrected chi connectivity index (χ4v) is 3.30. The van der Waals surface area contributed by atoms with Crippen LogP contribution in [0.5, 0.6) is 11.5 Å². The predicted octanol–water partition coefficient (Wildman–Crippen LogP) is 2.68. The summed E-state index contributed by atoms with van der Waals surface area (Å²) in [6.45, 7) is 7.43. The lowest BCUT2D eigenvalue weighted by Crippen LogP contribution is -2.37. The van der Waals surface area contributed by atoms with Crippen LogP contribution in [0.15, 0.2) is 23.2 Å². The second-order valence-electron chi connectivity index (χ2n) is 6.46. The van der Waals surface area contributed by atoms with Gasteiger partial charge < -0.3 is 20.1 Å². The van der Waals surface area contributed by atoms with Gasteiger partial charge >= 0.3 is 0 Å². The number of hydrogen-bond acceptors (Lipinski definition) is 4. The Balaban J connectivity index is 1.46. The van der Waals surface area contributed by atoms with E-state index in [0.717, 1.165) is 36.7 Å². The molecule has 8 heteroatoms. The van der Waals surface area contributed by atoms with Gasteiger partial charge in [0.1, 0.15) is 13.2 Å². The lowest BCUT2D eigenvalue weighted by Gasteiger charge is -2.20. The van der Waals surface area contributed by atoms with Crippen molar-refractivity contribution >= 4 is 17.6 Å². The minimum atomic E-state index is 0.526. The Hall–Kier alpha value is -2.41. The molecule has 0 saturated carbocycles. The third-order valence-electron chi connectivity index (χ3n) is 4.28. The Morgan fingerprint density at radius 2 is 2.04 bits per heavy atom. The van der Waals surface area contributed by atoms with E-state index in [1.807, 2.05) is 23.7 Å². The second kappa shape index (κ2) is 8.99. The van der Waals surface area contributed by atoms with Crippen molar-refractivity contribution in [3.05, 3.63) is 40.2 Å². The molecule has 0 bridgehead atoms. The molecule has 3 rings (SSSR count). The summed E-state index contributed by atoms with van der Waals surface area (Å²) in [7, 11) is 1.76. The Labute approximate surface area is 164 Å². The van der Waals surface area contributed by atoms with E-state index in [4.69, 9.17) is 21.1 Å². The molecule has 0 spiro atoms. The smallest absolute Gasteiger partial charge is 0.191 e. The van der Waals surface area contributed by atoms with E-state index in [1.54, 1.807) is 7.05 Å². The van der Waals surface area contributed by atoms with Gasteiger partial charge in [-0.3, -0.25) is 9.67 Å². The molecule has 1 aromatic heterocycles. The lowest BCUT2D eigenvalue weighted by molar-refractivity contribution is 0.171. The molecule has 1 aromatic carbocycles. The molecule has 0 unspecified atom stereocenters. The van der Waals surface area contributed by atoms with Crippen molar-refractivity contribution in [1.29, 1.82) is 0 Å². The molecule has 2 N–H and O–H groups in total. The van der Waals surface area contributed by atoms with E-state index in [1.165, 1.54) is 5.69 Å². The molecule has 1 aliphatic rings. The number of halogens is 1. The minimum absolute atomic E-state index is 0.526. The summed E-state index contributed by atoms with van der Waals surface area (Å²) in [4.78, 5) is 4.26. The summed E-state index contributed by atoms with van der Waals surface area (Å²) in [5.74, 6) is 2.06. The molecule has 0 atom stereocenters. The van der Waals surface area contributed by atoms with Crippen LogP contribution in [0.3, 0.4) is 0 Å². The number of ether oxygens (including phenoxy) is 2. The van der Waals surface area contributed by atoms with Crippen LogP contribution in [0.25, 0.3) is 0 Å². The van der Waals surface area contributed by atoms with Gasteiger partial charge in [-0.2, -0.15) is 5.10 Å². The van der Waals surface area contributed by atoms with Crippen molar-refractivity contribution < 1.29 is 9.47 Å². The molecule has 0 fully saturated rings. The van der Waals surface area contributed by atoms with Crippen LogP contribution < -0.4 is 20.1 Å². The summed E-state index contributed by atoms with van der Waals surface area (Å²) in [6, 6.07) is 5.92. The summed E-state index contributed by atoms with van der Waals surface area (Å²) in [5.41, 5.74) is 3.25. The van der Waals surface area contributed by atoms with E-state index in [9.17, 15) is 0 Å². The number of aryl methyl sites for hydroxylation is 3. The summed E-state index contributed by atoms with van der Waals surface area (Å²) >= 11 is 6.28. The van der Waals surface area contributed by atoms with Crippen molar-refractivity contribution in [3.8, 4) is 11.5 Å². The van der Waals surface area contributed by atoms with E-state index in [0.29, 0.717) is 36.3 Å². The first-order valence-corrected chi connectivity index (χ1v) is 9.48. The Morgan fingerprint density at radius 3 is 2.78 bits per heavy atom. The zero-order valence-electron chi connectivity index (χ0n) is 16.0. The van der Waals surface area contributed by atoms with Crippen LogP contribution in [0, 0.1) is 13.8 Å². The van der Waals surface area contributed by atoms with Gasteiger partial charge in [0.05, 0.1) is 10.7 Å². The zero-order valence-corrected chi connectivity index (χ0v) is 16.8. The Kier molecular flexibility index (Phi) is 6.45. The lowest BCUT2D eigenvalue weighted by atomic mass is 10.2. The van der Waals surface area contributed by atoms with Crippen LogP contribution >= 0.6 is 11.6 Å². The van der Waals surface area contributed by atoms with E-state index in [-0.39, 0.29) is 0 Å². The molecule has 2 heterocycles. The van der Waals surface area contributed by atoms with Crippen LogP contribution in [0.2, 0.25) is 5.02 Å². The number of hydrogen-bond donors (Lipinski definition) is 2. The minimum Gasteiger partial charge on any atom is -0.486 e. The zero-order chi connectivity index (χ0) is 19.2. The first kappa shape index (κ1) is 19.4. The van der Waals surface area contributed by atoms with Crippen LogP contribution in [0.4, 0.5) is 0 Å². The average Bonchev–Trinajstić information content (AvgIpc) is 2.98. The molecule has 0 amide bonds. The number of benzene rings is 1. The number of nitrogens with zero attached hydrogens (tertiary/aromatic N) is 3. The molecule has 0 saturated heterocycles. The van der Waals surface area contributed by atoms with Gasteiger partial charge in [-0.05, 0) is 44.0 Å². The summed E-state index contributed by atoms with van der Waals surface area (Å²) in [6.07, 6.45) is 0.957. The normalized spacial score (nSPS) is 13.6. The van der Waals surface area contributed by atoms with Crippen LogP contribution in [0.1, 0.15) is 23.4 Å². The highest BCUT2D eigenvalue weighted by molar-refractivity contribution is 6.32. The third kappa shape index (κ3) is 5.07. The molecule has 2 aromatic rings. The summed E-state index contributed by atoms with van der Waals surface area (Å²) < 4.78 is 13.2. The highest BCUT2D eigenvalue weighted by atomic mass is 35.5. The van der Waals surface area contributed by atoms with Gasteiger partial charge in [-0.15, -0.1) is 0 Å². The van der Waals surface area contributed by atoms with Crippen molar-refractivity contribution in [2.75, 3.05) is 26.8 Å². The van der Waals surface area contributed by atoms with Gasteiger partial charge in [0, 0.05) is 32.4 Å². The molecule has 27 heavy (non-hydrogen) atoms. The third-order valence-corrected chi connectivity index (χ3v) is 4.56. The van der Waals surface area contributed by atoms with E-state index in [2.05, 4.69) is 33.7 Å². The molecular weight excluding hydrogens is 366 g/mol. The topological polar surface area (TPSA) is 72.7 Å². The van der Waals surface area contributed by atoms with E-state index < -0.39 is 0 Å². The number of guanidine groups is 1. The maximum absolute atomic E-state index is 6.28. The van der Waals surface area contributed by atoms with Gasteiger partial charge in [0.15, 0.2) is 17.5 Å². The van der Waals surface area contributed by atoms with Crippen LogP contribution in [-0.4, -0.2) is 42.5 Å². The largest absolute Gasteiger partial charge is 0.486 e. The molecule has 7 nitrogen and oxygen atoms in total. The SMILES string of the molecule is CN=C(NCCCn1nc(C)cc1C)NCc1cc(Cl)c2c(c1)OCCO2. The second-order valence-corrected chi connectivity index (χ2v) is 6.87. The number of fused-ring (bicyclic) bond motifs is 1. The first-order chi connectivity index (χ1) is 13.1. The quantitative estimate of drug-likeness (QED) is 0.450. The van der Waals surface area contributed by atoms with Gasteiger partial charge in [-0.25, -0.2) is 0 Å².